The van der Waals surface area contributed by atoms with Gasteiger partial charge in [0.2, 0.25) is 0 Å². The van der Waals surface area contributed by atoms with Crippen LogP contribution in [-0.2, 0) is 6.54 Å². The van der Waals surface area contributed by atoms with E-state index in [4.69, 9.17) is 0 Å². The van der Waals surface area contributed by atoms with Gasteiger partial charge in [0.25, 0.3) is 0 Å². The van der Waals surface area contributed by atoms with E-state index in [2.05, 4.69) is 32.6 Å². The number of hydrogen-bond acceptors (Lipinski definition) is 3. The second kappa shape index (κ2) is 6.49. The molecular weight excluding hydrogens is 323 g/mol. The third-order valence-electron chi connectivity index (χ3n) is 3.85. The van der Waals surface area contributed by atoms with Crippen molar-refractivity contribution in [2.75, 3.05) is 5.75 Å². The molecule has 0 spiro atoms. The Morgan fingerprint density at radius 1 is 1.12 bits per heavy atom. The summed E-state index contributed by atoms with van der Waals surface area (Å²) < 4.78 is 12.9. The number of aromatic amines is 1. The van der Waals surface area contributed by atoms with Crippen LogP contribution in [0.4, 0.5) is 4.39 Å². The fourth-order valence-corrected chi connectivity index (χ4v) is 3.36. The molecule has 0 amide bonds. The SMILES string of the molecule is Fc1ccc(CN=C2NN=C(c3c[nH]c4ccccc34)CS2)cc1. The highest BCUT2D eigenvalue weighted by Gasteiger charge is 2.15. The Morgan fingerprint density at radius 3 is 2.75 bits per heavy atom. The Kier molecular flexibility index (Phi) is 4.04. The number of fused-ring (bicyclic) bond motifs is 1. The Morgan fingerprint density at radius 2 is 1.96 bits per heavy atom. The molecule has 2 N–H and O–H groups in total. The predicted octanol–water partition coefficient (Wildman–Crippen LogP) is 3.90. The number of nitrogens with zero attached hydrogens (tertiary/aromatic N) is 2. The largest absolute Gasteiger partial charge is 0.360 e. The molecule has 4 nitrogen and oxygen atoms in total. The quantitative estimate of drug-likeness (QED) is 0.761. The van der Waals surface area contributed by atoms with Crippen LogP contribution in [0.25, 0.3) is 10.9 Å². The van der Waals surface area contributed by atoms with E-state index in [-0.39, 0.29) is 5.82 Å². The summed E-state index contributed by atoms with van der Waals surface area (Å²) >= 11 is 1.62. The molecule has 0 unspecified atom stereocenters. The molecule has 0 atom stereocenters. The Labute approximate surface area is 142 Å². The van der Waals surface area contributed by atoms with Gasteiger partial charge in [-0.05, 0) is 23.8 Å². The average Bonchev–Trinajstić information content (AvgIpc) is 3.06. The highest BCUT2D eigenvalue weighted by atomic mass is 32.2. The zero-order chi connectivity index (χ0) is 16.4. The molecule has 0 radical (unpaired) electrons. The van der Waals surface area contributed by atoms with Crippen LogP contribution in [-0.4, -0.2) is 21.6 Å². The van der Waals surface area contributed by atoms with Crippen LogP contribution >= 0.6 is 11.8 Å². The lowest BCUT2D eigenvalue weighted by molar-refractivity contribution is 0.627. The maximum atomic E-state index is 12.9. The van der Waals surface area contributed by atoms with Crippen molar-refractivity contribution in [1.82, 2.24) is 10.4 Å². The molecule has 0 fully saturated rings. The smallest absolute Gasteiger partial charge is 0.177 e. The second-order valence-electron chi connectivity index (χ2n) is 5.45. The van der Waals surface area contributed by atoms with E-state index in [1.165, 1.54) is 17.5 Å². The van der Waals surface area contributed by atoms with Crippen LogP contribution < -0.4 is 5.43 Å². The van der Waals surface area contributed by atoms with Crippen molar-refractivity contribution in [1.29, 1.82) is 0 Å². The van der Waals surface area contributed by atoms with Crippen molar-refractivity contribution in [2.45, 2.75) is 6.54 Å². The molecule has 2 heterocycles. The van der Waals surface area contributed by atoms with E-state index in [9.17, 15) is 4.39 Å². The van der Waals surface area contributed by atoms with Crippen molar-refractivity contribution in [3.05, 3.63) is 71.7 Å². The molecule has 1 aliphatic heterocycles. The van der Waals surface area contributed by atoms with E-state index >= 15 is 0 Å². The van der Waals surface area contributed by atoms with Gasteiger partial charge in [-0.2, -0.15) is 5.10 Å². The lowest BCUT2D eigenvalue weighted by Crippen LogP contribution is -2.25. The van der Waals surface area contributed by atoms with Crippen molar-refractivity contribution in [3.63, 3.8) is 0 Å². The van der Waals surface area contributed by atoms with Gasteiger partial charge in [-0.15, -0.1) is 0 Å². The Hall–Kier alpha value is -2.60. The molecule has 0 aliphatic carbocycles. The second-order valence-corrected chi connectivity index (χ2v) is 6.42. The van der Waals surface area contributed by atoms with Crippen LogP contribution in [0.1, 0.15) is 11.1 Å². The molecule has 1 aromatic heterocycles. The Balaban J connectivity index is 1.48. The van der Waals surface area contributed by atoms with E-state index in [1.807, 2.05) is 18.3 Å². The number of hydrogen-bond donors (Lipinski definition) is 2. The number of hydrazone groups is 1. The van der Waals surface area contributed by atoms with Gasteiger partial charge in [0.1, 0.15) is 5.82 Å². The molecule has 0 saturated carbocycles. The number of rotatable bonds is 3. The summed E-state index contributed by atoms with van der Waals surface area (Å²) in [4.78, 5) is 7.76. The first-order valence-electron chi connectivity index (χ1n) is 7.60. The normalized spacial score (nSPS) is 16.2. The highest BCUT2D eigenvalue weighted by molar-refractivity contribution is 8.14. The fraction of sp³-hybridized carbons (Fsp3) is 0.111. The van der Waals surface area contributed by atoms with Gasteiger partial charge < -0.3 is 4.98 Å². The summed E-state index contributed by atoms with van der Waals surface area (Å²) in [6.07, 6.45) is 1.99. The topological polar surface area (TPSA) is 52.5 Å². The fourth-order valence-electron chi connectivity index (χ4n) is 2.60. The predicted molar refractivity (Wildman–Crippen MR) is 98.0 cm³/mol. The molecule has 0 saturated heterocycles. The minimum atomic E-state index is -0.232. The number of aromatic nitrogens is 1. The van der Waals surface area contributed by atoms with Crippen molar-refractivity contribution >= 4 is 33.5 Å². The molecule has 2 aromatic carbocycles. The molecule has 0 bridgehead atoms. The van der Waals surface area contributed by atoms with Crippen LogP contribution in [0.5, 0.6) is 0 Å². The number of thioether (sulfide) groups is 1. The average molecular weight is 338 g/mol. The monoisotopic (exact) mass is 338 g/mol. The first-order chi connectivity index (χ1) is 11.8. The van der Waals surface area contributed by atoms with Gasteiger partial charge in [0.15, 0.2) is 5.17 Å². The molecule has 6 heteroatoms. The zero-order valence-corrected chi connectivity index (χ0v) is 13.6. The summed E-state index contributed by atoms with van der Waals surface area (Å²) in [5.74, 6) is 0.529. The molecule has 4 rings (SSSR count). The summed E-state index contributed by atoms with van der Waals surface area (Å²) in [6, 6.07) is 14.6. The van der Waals surface area contributed by atoms with Gasteiger partial charge in [-0.1, -0.05) is 42.1 Å². The molecule has 1 aliphatic rings. The van der Waals surface area contributed by atoms with Gasteiger partial charge in [0.05, 0.1) is 12.3 Å². The zero-order valence-electron chi connectivity index (χ0n) is 12.8. The highest BCUT2D eigenvalue weighted by Crippen LogP contribution is 2.22. The number of H-pyrrole nitrogens is 1. The number of nitrogens with one attached hydrogen (secondary N) is 2. The summed E-state index contributed by atoms with van der Waals surface area (Å²) in [5, 5.41) is 6.42. The van der Waals surface area contributed by atoms with E-state index in [0.717, 1.165) is 33.3 Å². The maximum Gasteiger partial charge on any atom is 0.177 e. The number of aliphatic imine (C=N–C) groups is 1. The third-order valence-corrected chi connectivity index (χ3v) is 4.76. The van der Waals surface area contributed by atoms with Gasteiger partial charge in [-0.3, -0.25) is 10.4 Å². The van der Waals surface area contributed by atoms with E-state index < -0.39 is 0 Å². The van der Waals surface area contributed by atoms with Crippen molar-refractivity contribution in [3.8, 4) is 0 Å². The first kappa shape index (κ1) is 15.0. The standard InChI is InChI=1S/C18H15FN4S/c19-13-7-5-12(6-8-13)9-21-18-23-22-17(11-24-18)15-10-20-16-4-2-1-3-14(15)16/h1-8,10,20H,9,11H2,(H,21,23). The van der Waals surface area contributed by atoms with Crippen LogP contribution in [0, 0.1) is 5.82 Å². The number of amidine groups is 1. The molecule has 120 valence electrons. The molecule has 3 aromatic rings. The minimum Gasteiger partial charge on any atom is -0.360 e. The third kappa shape index (κ3) is 3.05. The summed E-state index contributed by atoms with van der Waals surface area (Å²) in [6.45, 7) is 0.507. The van der Waals surface area contributed by atoms with Crippen LogP contribution in [0.15, 0.2) is 64.8 Å². The van der Waals surface area contributed by atoms with Crippen LogP contribution in [0.2, 0.25) is 0 Å². The van der Waals surface area contributed by atoms with Crippen molar-refractivity contribution < 1.29 is 4.39 Å². The van der Waals surface area contributed by atoms with E-state index in [0.29, 0.717) is 6.54 Å². The number of benzene rings is 2. The lowest BCUT2D eigenvalue weighted by Gasteiger charge is -2.14. The van der Waals surface area contributed by atoms with Gasteiger partial charge in [0, 0.05) is 28.4 Å². The first-order valence-corrected chi connectivity index (χ1v) is 8.59. The van der Waals surface area contributed by atoms with Gasteiger partial charge in [-0.25, -0.2) is 4.39 Å². The van der Waals surface area contributed by atoms with Crippen molar-refractivity contribution in [2.24, 2.45) is 10.1 Å². The molecule has 24 heavy (non-hydrogen) atoms. The number of para-hydroxylation sites is 1. The van der Waals surface area contributed by atoms with Gasteiger partial charge >= 0.3 is 0 Å². The summed E-state index contributed by atoms with van der Waals surface area (Å²) in [5.41, 5.74) is 7.21. The maximum absolute atomic E-state index is 12.9. The number of halogens is 1. The molecular formula is C18H15FN4S. The minimum absolute atomic E-state index is 0.232. The van der Waals surface area contributed by atoms with E-state index in [1.54, 1.807) is 23.9 Å². The lowest BCUT2D eigenvalue weighted by atomic mass is 10.1. The van der Waals surface area contributed by atoms with Crippen LogP contribution in [0.3, 0.4) is 0 Å². The Bertz CT molecular complexity index is 928. The summed E-state index contributed by atoms with van der Waals surface area (Å²) in [7, 11) is 0.